The number of hydrogen-bond acceptors (Lipinski definition) is 0. The zero-order chi connectivity index (χ0) is 3.41. The SMILES string of the molecule is C=C[C][Ru]. The van der Waals surface area contributed by atoms with E-state index >= 15 is 0 Å². The first kappa shape index (κ1) is 4.36. The van der Waals surface area contributed by atoms with Gasteiger partial charge in [0.15, 0.2) is 0 Å². The molecule has 0 rings (SSSR count). The van der Waals surface area contributed by atoms with Crippen molar-refractivity contribution in [3.8, 4) is 0 Å². The average molecular weight is 140 g/mol. The molecule has 0 aliphatic rings. The molecular weight excluding hydrogens is 137 g/mol. The molecule has 1 heteroatoms. The molecule has 0 fully saturated rings. The molecule has 0 nitrogen and oxygen atoms in total. The predicted octanol–water partition coefficient (Wildman–Crippen LogP) is 0.758. The fourth-order valence-corrected chi connectivity index (χ4v) is 0. The summed E-state index contributed by atoms with van der Waals surface area (Å²) in [5.74, 6) is 0. The van der Waals surface area contributed by atoms with Gasteiger partial charge >= 0.3 is 36.0 Å². The molecule has 0 aromatic heterocycles. The second-order valence-corrected chi connectivity index (χ2v) is 0.808. The minimum absolute atomic E-state index is 1.59. The molecular formula is C3H3Ru. The maximum absolute atomic E-state index is 3.35. The van der Waals surface area contributed by atoms with Gasteiger partial charge in [0.25, 0.3) is 0 Å². The van der Waals surface area contributed by atoms with Gasteiger partial charge in [-0.3, -0.25) is 0 Å². The van der Waals surface area contributed by atoms with Crippen molar-refractivity contribution >= 4 is 0 Å². The van der Waals surface area contributed by atoms with E-state index in [0.29, 0.717) is 0 Å². The summed E-state index contributed by atoms with van der Waals surface area (Å²) >= 11 is 2.21. The third-order valence-electron chi connectivity index (χ3n) is 0.0722. The topological polar surface area (TPSA) is 0 Å². The van der Waals surface area contributed by atoms with Crippen molar-refractivity contribution in [2.24, 2.45) is 0 Å². The summed E-state index contributed by atoms with van der Waals surface area (Å²) in [6, 6.07) is 0. The van der Waals surface area contributed by atoms with Gasteiger partial charge in [0.2, 0.25) is 0 Å². The summed E-state index contributed by atoms with van der Waals surface area (Å²) in [7, 11) is 0. The summed E-state index contributed by atoms with van der Waals surface area (Å²) in [5.41, 5.74) is 0. The molecule has 0 aliphatic heterocycles. The van der Waals surface area contributed by atoms with E-state index in [0.717, 1.165) is 0 Å². The Morgan fingerprint density at radius 3 is 2.25 bits per heavy atom. The minimum atomic E-state index is 1.59. The summed E-state index contributed by atoms with van der Waals surface area (Å²) in [5, 5.41) is 2.62. The van der Waals surface area contributed by atoms with Crippen molar-refractivity contribution in [1.82, 2.24) is 0 Å². The van der Waals surface area contributed by atoms with Crippen LogP contribution in [-0.4, -0.2) is 0 Å². The van der Waals surface area contributed by atoms with Crippen molar-refractivity contribution in [3.05, 3.63) is 17.7 Å². The van der Waals surface area contributed by atoms with Crippen LogP contribution >= 0.6 is 0 Å². The Balaban J connectivity index is 2.30. The molecule has 0 aliphatic carbocycles. The zero-order valence-electron chi connectivity index (χ0n) is 2.14. The van der Waals surface area contributed by atoms with Gasteiger partial charge in [-0.1, -0.05) is 0 Å². The molecule has 0 N–H and O–H groups in total. The summed E-state index contributed by atoms with van der Waals surface area (Å²) in [6.45, 7) is 3.35. The summed E-state index contributed by atoms with van der Waals surface area (Å²) in [4.78, 5) is 0. The monoisotopic (exact) mass is 141 g/mol. The van der Waals surface area contributed by atoms with Crippen molar-refractivity contribution in [3.63, 3.8) is 0 Å². The molecule has 23 valence electrons. The van der Waals surface area contributed by atoms with E-state index in [-0.39, 0.29) is 0 Å². The standard InChI is InChI=1S/C3H3.Ru/c1-3-2;/h3H,1H2;. The van der Waals surface area contributed by atoms with Gasteiger partial charge in [-0.05, 0) is 0 Å². The molecule has 0 heterocycles. The van der Waals surface area contributed by atoms with Crippen LogP contribution in [0.25, 0.3) is 0 Å². The van der Waals surface area contributed by atoms with Crippen LogP contribution < -0.4 is 0 Å². The number of hydrogen-bond donors (Lipinski definition) is 0. The van der Waals surface area contributed by atoms with E-state index in [1.165, 1.54) is 0 Å². The van der Waals surface area contributed by atoms with Gasteiger partial charge < -0.3 is 0 Å². The fourth-order valence-electron chi connectivity index (χ4n) is 0. The van der Waals surface area contributed by atoms with Crippen LogP contribution in [0, 0.1) is 5.02 Å². The van der Waals surface area contributed by atoms with Gasteiger partial charge in [-0.25, -0.2) is 0 Å². The van der Waals surface area contributed by atoms with Crippen LogP contribution in [0.5, 0.6) is 0 Å². The summed E-state index contributed by atoms with van der Waals surface area (Å²) in [6.07, 6.45) is 1.59. The molecule has 0 amide bonds. The normalized spacial score (nSPS) is 6.25. The second kappa shape index (κ2) is 3.36. The van der Waals surface area contributed by atoms with Gasteiger partial charge in [0, 0.05) is 0 Å². The van der Waals surface area contributed by atoms with Crippen molar-refractivity contribution in [2.75, 3.05) is 0 Å². The Morgan fingerprint density at radius 2 is 2.25 bits per heavy atom. The third kappa shape index (κ3) is 2.36. The molecule has 2 radical (unpaired) electrons. The quantitative estimate of drug-likeness (QED) is 0.472. The van der Waals surface area contributed by atoms with E-state index in [1.54, 1.807) is 6.08 Å². The first-order valence-corrected chi connectivity index (χ1v) is 1.74. The van der Waals surface area contributed by atoms with E-state index in [2.05, 4.69) is 29.9 Å². The Hall–Kier alpha value is 0.363. The van der Waals surface area contributed by atoms with Crippen molar-refractivity contribution < 1.29 is 18.3 Å². The van der Waals surface area contributed by atoms with Crippen LogP contribution in [0.2, 0.25) is 0 Å². The Kier molecular flexibility index (Phi) is 3.67. The molecule has 0 spiro atoms. The Bertz CT molecular complexity index is 17.2. The molecule has 0 bridgehead atoms. The number of allylic oxidation sites excluding steroid dienone is 1. The van der Waals surface area contributed by atoms with Crippen LogP contribution in [0.15, 0.2) is 12.7 Å². The average Bonchev–Trinajstić information content (AvgIpc) is 1.37. The van der Waals surface area contributed by atoms with Crippen LogP contribution in [-0.2, 0) is 18.3 Å². The molecule has 0 aromatic carbocycles. The first-order chi connectivity index (χ1) is 1.91. The Labute approximate surface area is 36.6 Å². The van der Waals surface area contributed by atoms with Crippen LogP contribution in [0.4, 0.5) is 0 Å². The molecule has 4 heavy (non-hydrogen) atoms. The molecule has 0 aromatic rings. The maximum atomic E-state index is 3.35. The summed E-state index contributed by atoms with van der Waals surface area (Å²) < 4.78 is 0. The van der Waals surface area contributed by atoms with E-state index in [4.69, 9.17) is 0 Å². The van der Waals surface area contributed by atoms with Gasteiger partial charge in [0.05, 0.1) is 0 Å². The molecule has 0 saturated heterocycles. The zero-order valence-corrected chi connectivity index (χ0v) is 3.88. The Morgan fingerprint density at radius 1 is 2.00 bits per heavy atom. The van der Waals surface area contributed by atoms with E-state index in [9.17, 15) is 0 Å². The first-order valence-electron chi connectivity index (χ1n) is 0.874. The second-order valence-electron chi connectivity index (χ2n) is 0.306. The van der Waals surface area contributed by atoms with E-state index < -0.39 is 0 Å². The van der Waals surface area contributed by atoms with Gasteiger partial charge in [-0.2, -0.15) is 0 Å². The predicted molar refractivity (Wildman–Crippen MR) is 13.4 cm³/mol. The molecule has 0 unspecified atom stereocenters. The molecule has 0 atom stereocenters. The van der Waals surface area contributed by atoms with E-state index in [1.807, 2.05) is 0 Å². The van der Waals surface area contributed by atoms with Crippen LogP contribution in [0.1, 0.15) is 0 Å². The van der Waals surface area contributed by atoms with Crippen molar-refractivity contribution in [2.45, 2.75) is 0 Å². The third-order valence-corrected chi connectivity index (χ3v) is 0.427. The van der Waals surface area contributed by atoms with Crippen molar-refractivity contribution in [1.29, 1.82) is 0 Å². The fraction of sp³-hybridized carbons (Fsp3) is 0. The molecule has 0 saturated carbocycles. The van der Waals surface area contributed by atoms with Crippen LogP contribution in [0.3, 0.4) is 0 Å². The van der Waals surface area contributed by atoms with Gasteiger partial charge in [-0.15, -0.1) is 0 Å². The van der Waals surface area contributed by atoms with Gasteiger partial charge in [0.1, 0.15) is 0 Å². The number of rotatable bonds is 1.